The fourth-order valence-electron chi connectivity index (χ4n) is 0.962. The van der Waals surface area contributed by atoms with Gasteiger partial charge in [0.05, 0.1) is 0 Å². The molecule has 0 amide bonds. The average molecular weight is 177 g/mol. The van der Waals surface area contributed by atoms with Crippen LogP contribution in [0.3, 0.4) is 0 Å². The molecule has 2 heteroatoms. The molecular weight excluding hydrogens is 162 g/mol. The number of nitrogens with one attached hydrogen (secondary N) is 1. The number of ether oxygens (including phenoxy) is 1. The summed E-state index contributed by atoms with van der Waals surface area (Å²) in [6.07, 6.45) is 1.84. The number of hydrogen-bond acceptors (Lipinski definition) is 2. The van der Waals surface area contributed by atoms with Crippen molar-refractivity contribution >= 4 is 0 Å². The van der Waals surface area contributed by atoms with Crippen molar-refractivity contribution in [1.29, 1.82) is 0 Å². The van der Waals surface area contributed by atoms with Crippen LogP contribution in [0.5, 0.6) is 5.75 Å². The van der Waals surface area contributed by atoms with Crippen molar-refractivity contribution in [3.63, 3.8) is 0 Å². The third-order valence-electron chi connectivity index (χ3n) is 1.58. The van der Waals surface area contributed by atoms with Gasteiger partial charge in [0.1, 0.15) is 12.4 Å². The van der Waals surface area contributed by atoms with Gasteiger partial charge >= 0.3 is 0 Å². The van der Waals surface area contributed by atoms with Gasteiger partial charge in [-0.15, -0.1) is 6.58 Å². The van der Waals surface area contributed by atoms with Gasteiger partial charge in [0.2, 0.25) is 0 Å². The highest BCUT2D eigenvalue weighted by Gasteiger charge is 1.89. The van der Waals surface area contributed by atoms with E-state index in [1.54, 1.807) is 0 Å². The Morgan fingerprint density at radius 2 is 2.08 bits per heavy atom. The topological polar surface area (TPSA) is 21.3 Å². The van der Waals surface area contributed by atoms with Gasteiger partial charge in [-0.3, -0.25) is 0 Å². The molecule has 1 aromatic carbocycles. The van der Waals surface area contributed by atoms with Crippen LogP contribution in [0, 0.1) is 0 Å². The van der Waals surface area contributed by atoms with Crippen molar-refractivity contribution in [2.75, 3.05) is 19.7 Å². The lowest BCUT2D eigenvalue weighted by Crippen LogP contribution is -2.20. The molecule has 70 valence electrons. The summed E-state index contributed by atoms with van der Waals surface area (Å²) < 4.78 is 5.46. The second kappa shape index (κ2) is 6.26. The fraction of sp³-hybridized carbons (Fsp3) is 0.273. The lowest BCUT2D eigenvalue weighted by Gasteiger charge is -2.05. The molecule has 0 atom stereocenters. The third kappa shape index (κ3) is 4.33. The fourth-order valence-corrected chi connectivity index (χ4v) is 0.962. The van der Waals surface area contributed by atoms with Crippen molar-refractivity contribution in [2.45, 2.75) is 0 Å². The van der Waals surface area contributed by atoms with Crippen molar-refractivity contribution in [1.82, 2.24) is 5.32 Å². The molecule has 0 fully saturated rings. The van der Waals surface area contributed by atoms with Gasteiger partial charge in [0.15, 0.2) is 0 Å². The molecule has 0 aliphatic carbocycles. The largest absolute Gasteiger partial charge is 0.492 e. The van der Waals surface area contributed by atoms with Gasteiger partial charge in [-0.05, 0) is 12.1 Å². The van der Waals surface area contributed by atoms with Crippen molar-refractivity contribution in [3.8, 4) is 5.75 Å². The number of benzene rings is 1. The van der Waals surface area contributed by atoms with Crippen LogP contribution < -0.4 is 10.1 Å². The molecule has 0 bridgehead atoms. The Kier molecular flexibility index (Phi) is 4.72. The first-order valence-electron chi connectivity index (χ1n) is 4.43. The van der Waals surface area contributed by atoms with Crippen molar-refractivity contribution in [2.24, 2.45) is 0 Å². The van der Waals surface area contributed by atoms with E-state index in [0.29, 0.717) is 6.61 Å². The maximum Gasteiger partial charge on any atom is 0.119 e. The van der Waals surface area contributed by atoms with Gasteiger partial charge in [-0.2, -0.15) is 0 Å². The molecule has 1 N–H and O–H groups in total. The Morgan fingerprint density at radius 1 is 1.31 bits per heavy atom. The summed E-state index contributed by atoms with van der Waals surface area (Å²) in [4.78, 5) is 0. The van der Waals surface area contributed by atoms with E-state index < -0.39 is 0 Å². The number of para-hydroxylation sites is 1. The standard InChI is InChI=1S/C11H15NO/c1-2-8-12-9-10-13-11-6-4-3-5-7-11/h2-7,12H,1,8-10H2. The minimum absolute atomic E-state index is 0.692. The molecule has 0 spiro atoms. The van der Waals surface area contributed by atoms with Crippen LogP contribution >= 0.6 is 0 Å². The quantitative estimate of drug-likeness (QED) is 0.529. The van der Waals surface area contributed by atoms with Crippen LogP contribution in [0.2, 0.25) is 0 Å². The highest BCUT2D eigenvalue weighted by atomic mass is 16.5. The monoisotopic (exact) mass is 177 g/mol. The number of hydrogen-bond donors (Lipinski definition) is 1. The third-order valence-corrected chi connectivity index (χ3v) is 1.58. The van der Waals surface area contributed by atoms with Gasteiger partial charge in [-0.1, -0.05) is 24.3 Å². The zero-order valence-corrected chi connectivity index (χ0v) is 7.70. The van der Waals surface area contributed by atoms with E-state index in [2.05, 4.69) is 11.9 Å². The van der Waals surface area contributed by atoms with Crippen LogP contribution in [-0.4, -0.2) is 19.7 Å². The number of rotatable bonds is 6. The first kappa shape index (κ1) is 9.81. The zero-order valence-electron chi connectivity index (χ0n) is 7.70. The maximum atomic E-state index is 5.46. The predicted octanol–water partition coefficient (Wildman–Crippen LogP) is 1.84. The van der Waals surface area contributed by atoms with E-state index in [9.17, 15) is 0 Å². The molecule has 0 radical (unpaired) electrons. The molecule has 0 aromatic heterocycles. The van der Waals surface area contributed by atoms with E-state index in [0.717, 1.165) is 18.8 Å². The smallest absolute Gasteiger partial charge is 0.119 e. The van der Waals surface area contributed by atoms with Crippen molar-refractivity contribution < 1.29 is 4.74 Å². The van der Waals surface area contributed by atoms with Gasteiger partial charge in [-0.25, -0.2) is 0 Å². The maximum absolute atomic E-state index is 5.46. The minimum atomic E-state index is 0.692. The molecule has 0 heterocycles. The van der Waals surface area contributed by atoms with Crippen LogP contribution in [-0.2, 0) is 0 Å². The van der Waals surface area contributed by atoms with E-state index in [1.807, 2.05) is 36.4 Å². The minimum Gasteiger partial charge on any atom is -0.492 e. The second-order valence-corrected chi connectivity index (χ2v) is 2.65. The normalized spacial score (nSPS) is 9.54. The summed E-state index contributed by atoms with van der Waals surface area (Å²) in [5.41, 5.74) is 0. The van der Waals surface area contributed by atoms with Gasteiger partial charge in [0.25, 0.3) is 0 Å². The first-order chi connectivity index (χ1) is 6.43. The highest BCUT2D eigenvalue weighted by Crippen LogP contribution is 2.07. The molecule has 1 aromatic rings. The summed E-state index contributed by atoms with van der Waals surface area (Å²) in [5.74, 6) is 0.919. The van der Waals surface area contributed by atoms with Crippen LogP contribution in [0.15, 0.2) is 43.0 Å². The molecule has 2 nitrogen and oxygen atoms in total. The Labute approximate surface area is 79.2 Å². The predicted molar refractivity (Wildman–Crippen MR) is 55.0 cm³/mol. The van der Waals surface area contributed by atoms with E-state index >= 15 is 0 Å². The van der Waals surface area contributed by atoms with Crippen LogP contribution in [0.4, 0.5) is 0 Å². The van der Waals surface area contributed by atoms with Gasteiger partial charge in [0, 0.05) is 13.1 Å². The molecule has 13 heavy (non-hydrogen) atoms. The average Bonchev–Trinajstić information content (AvgIpc) is 2.19. The molecular formula is C11H15NO. The Hall–Kier alpha value is -1.28. The first-order valence-corrected chi connectivity index (χ1v) is 4.43. The summed E-state index contributed by atoms with van der Waals surface area (Å²) in [5, 5.41) is 3.16. The molecule has 0 saturated heterocycles. The molecule has 0 unspecified atom stereocenters. The lowest BCUT2D eigenvalue weighted by molar-refractivity contribution is 0.316. The van der Waals surface area contributed by atoms with Crippen LogP contribution in [0.1, 0.15) is 0 Å². The molecule has 0 aliphatic rings. The summed E-state index contributed by atoms with van der Waals surface area (Å²) >= 11 is 0. The van der Waals surface area contributed by atoms with E-state index in [-0.39, 0.29) is 0 Å². The van der Waals surface area contributed by atoms with Gasteiger partial charge < -0.3 is 10.1 Å². The van der Waals surface area contributed by atoms with E-state index in [4.69, 9.17) is 4.74 Å². The SMILES string of the molecule is C=CCNCCOc1ccccc1. The lowest BCUT2D eigenvalue weighted by atomic mass is 10.3. The summed E-state index contributed by atoms with van der Waals surface area (Å²) in [6, 6.07) is 9.81. The van der Waals surface area contributed by atoms with E-state index in [1.165, 1.54) is 0 Å². The Bertz CT molecular complexity index is 233. The van der Waals surface area contributed by atoms with Crippen molar-refractivity contribution in [3.05, 3.63) is 43.0 Å². The molecule has 1 rings (SSSR count). The molecule has 0 saturated carbocycles. The highest BCUT2D eigenvalue weighted by molar-refractivity contribution is 5.20. The Balaban J connectivity index is 2.10. The summed E-state index contributed by atoms with van der Waals surface area (Å²) in [6.45, 7) is 5.99. The summed E-state index contributed by atoms with van der Waals surface area (Å²) in [7, 11) is 0. The Morgan fingerprint density at radius 3 is 2.77 bits per heavy atom. The second-order valence-electron chi connectivity index (χ2n) is 2.65. The zero-order chi connectivity index (χ0) is 9.36. The van der Waals surface area contributed by atoms with Crippen LogP contribution in [0.25, 0.3) is 0 Å². The molecule has 0 aliphatic heterocycles.